The van der Waals surface area contributed by atoms with Gasteiger partial charge in [-0.15, -0.1) is 0 Å². The summed E-state index contributed by atoms with van der Waals surface area (Å²) >= 11 is 0. The lowest BCUT2D eigenvalue weighted by molar-refractivity contribution is -0.129. The number of amides is 2. The van der Waals surface area contributed by atoms with Gasteiger partial charge in [0.1, 0.15) is 6.61 Å². The van der Waals surface area contributed by atoms with Crippen molar-refractivity contribution in [1.82, 2.24) is 5.32 Å². The quantitative estimate of drug-likeness (QED) is 0.937. The maximum Gasteiger partial charge on any atom is 0.253 e. The molecule has 1 aliphatic heterocycles. The van der Waals surface area contributed by atoms with Gasteiger partial charge in [0, 0.05) is 17.8 Å². The van der Waals surface area contributed by atoms with Crippen LogP contribution in [0.25, 0.3) is 0 Å². The third-order valence-electron chi connectivity index (χ3n) is 4.08. The molecule has 1 unspecified atom stereocenters. The summed E-state index contributed by atoms with van der Waals surface area (Å²) in [4.78, 5) is 26.0. The molecule has 24 heavy (non-hydrogen) atoms. The van der Waals surface area contributed by atoms with Gasteiger partial charge >= 0.3 is 0 Å². The molecule has 1 N–H and O–H groups in total. The standard InChI is InChI=1S/C19H20N2O3/c1-14-7-5-6-10-17(14)19(23)20-11-16-12-21(18(22)13-24-16)15-8-3-2-4-9-15/h2-10,16H,11-13H2,1H3,(H,20,23). The molecule has 2 amide bonds. The molecule has 0 bridgehead atoms. The van der Waals surface area contributed by atoms with Crippen molar-refractivity contribution in [2.24, 2.45) is 0 Å². The Morgan fingerprint density at radius 3 is 2.62 bits per heavy atom. The first-order valence-corrected chi connectivity index (χ1v) is 7.96. The first-order chi connectivity index (χ1) is 11.6. The summed E-state index contributed by atoms with van der Waals surface area (Å²) in [6, 6.07) is 16.9. The molecule has 2 aromatic carbocycles. The fourth-order valence-corrected chi connectivity index (χ4v) is 2.74. The zero-order valence-electron chi connectivity index (χ0n) is 13.6. The van der Waals surface area contributed by atoms with Crippen LogP contribution in [0.5, 0.6) is 0 Å². The Kier molecular flexibility index (Phi) is 4.91. The van der Waals surface area contributed by atoms with Gasteiger partial charge in [-0.25, -0.2) is 0 Å². The van der Waals surface area contributed by atoms with Crippen LogP contribution in [-0.4, -0.2) is 37.6 Å². The average Bonchev–Trinajstić information content (AvgIpc) is 2.62. The summed E-state index contributed by atoms with van der Waals surface area (Å²) in [5.74, 6) is -0.192. The summed E-state index contributed by atoms with van der Waals surface area (Å²) in [6.45, 7) is 2.72. The number of carbonyl (C=O) groups is 2. The highest BCUT2D eigenvalue weighted by molar-refractivity contribution is 5.96. The maximum atomic E-state index is 12.3. The predicted molar refractivity (Wildman–Crippen MR) is 92.0 cm³/mol. The number of ether oxygens (including phenoxy) is 1. The minimum atomic E-state index is -0.226. The molecule has 3 rings (SSSR count). The Morgan fingerprint density at radius 1 is 1.17 bits per heavy atom. The second-order valence-corrected chi connectivity index (χ2v) is 5.80. The van der Waals surface area contributed by atoms with Gasteiger partial charge in [-0.2, -0.15) is 0 Å². The fraction of sp³-hybridized carbons (Fsp3) is 0.263. The van der Waals surface area contributed by atoms with E-state index in [0.717, 1.165) is 11.3 Å². The monoisotopic (exact) mass is 324 g/mol. The van der Waals surface area contributed by atoms with E-state index in [0.29, 0.717) is 18.7 Å². The maximum absolute atomic E-state index is 12.3. The summed E-state index contributed by atoms with van der Waals surface area (Å²) in [6.07, 6.45) is -0.226. The molecule has 1 aliphatic rings. The van der Waals surface area contributed by atoms with Gasteiger partial charge in [0.25, 0.3) is 11.8 Å². The van der Waals surface area contributed by atoms with Gasteiger partial charge in [0.2, 0.25) is 0 Å². The van der Waals surface area contributed by atoms with Crippen molar-refractivity contribution in [2.45, 2.75) is 13.0 Å². The SMILES string of the molecule is Cc1ccccc1C(=O)NCC1CN(c2ccccc2)C(=O)CO1. The van der Waals surface area contributed by atoms with E-state index in [1.165, 1.54) is 0 Å². The van der Waals surface area contributed by atoms with Crippen LogP contribution >= 0.6 is 0 Å². The lowest BCUT2D eigenvalue weighted by Crippen LogP contribution is -2.50. The van der Waals surface area contributed by atoms with Crippen LogP contribution in [0.4, 0.5) is 5.69 Å². The number of anilines is 1. The van der Waals surface area contributed by atoms with Crippen molar-refractivity contribution in [3.63, 3.8) is 0 Å². The van der Waals surface area contributed by atoms with Crippen LogP contribution in [0, 0.1) is 6.92 Å². The van der Waals surface area contributed by atoms with E-state index >= 15 is 0 Å². The highest BCUT2D eigenvalue weighted by Gasteiger charge is 2.27. The van der Waals surface area contributed by atoms with E-state index in [-0.39, 0.29) is 24.5 Å². The Morgan fingerprint density at radius 2 is 1.88 bits per heavy atom. The topological polar surface area (TPSA) is 58.6 Å². The summed E-state index contributed by atoms with van der Waals surface area (Å²) in [5, 5.41) is 2.89. The number of hydrogen-bond acceptors (Lipinski definition) is 3. The third kappa shape index (κ3) is 3.63. The number of rotatable bonds is 4. The Bertz CT molecular complexity index is 730. The number of morpholine rings is 1. The molecule has 0 saturated carbocycles. The molecular formula is C19H20N2O3. The molecule has 1 fully saturated rings. The summed E-state index contributed by atoms with van der Waals surface area (Å²) < 4.78 is 5.55. The lowest BCUT2D eigenvalue weighted by Gasteiger charge is -2.32. The highest BCUT2D eigenvalue weighted by Crippen LogP contribution is 2.18. The number of nitrogens with zero attached hydrogens (tertiary/aromatic N) is 1. The largest absolute Gasteiger partial charge is 0.365 e. The van der Waals surface area contributed by atoms with Gasteiger partial charge in [-0.05, 0) is 30.7 Å². The number of para-hydroxylation sites is 1. The van der Waals surface area contributed by atoms with Gasteiger partial charge in [0.05, 0.1) is 12.6 Å². The number of benzene rings is 2. The van der Waals surface area contributed by atoms with Crippen LogP contribution in [0.2, 0.25) is 0 Å². The second-order valence-electron chi connectivity index (χ2n) is 5.80. The minimum absolute atomic E-state index is 0.0276. The first-order valence-electron chi connectivity index (χ1n) is 7.96. The molecule has 124 valence electrons. The van der Waals surface area contributed by atoms with Gasteiger partial charge in [-0.3, -0.25) is 9.59 Å². The molecule has 5 heteroatoms. The number of carbonyl (C=O) groups excluding carboxylic acids is 2. The Labute approximate surface area is 141 Å². The minimum Gasteiger partial charge on any atom is -0.365 e. The first kappa shape index (κ1) is 16.2. The van der Waals surface area contributed by atoms with E-state index in [9.17, 15) is 9.59 Å². The van der Waals surface area contributed by atoms with Gasteiger partial charge in [-0.1, -0.05) is 36.4 Å². The Hall–Kier alpha value is -2.66. The third-order valence-corrected chi connectivity index (χ3v) is 4.08. The van der Waals surface area contributed by atoms with Crippen LogP contribution < -0.4 is 10.2 Å². The van der Waals surface area contributed by atoms with Crippen molar-refractivity contribution in [2.75, 3.05) is 24.6 Å². The lowest BCUT2D eigenvalue weighted by atomic mass is 10.1. The molecule has 1 atom stereocenters. The molecule has 2 aromatic rings. The average molecular weight is 324 g/mol. The van der Waals surface area contributed by atoms with Gasteiger partial charge < -0.3 is 15.0 Å². The van der Waals surface area contributed by atoms with E-state index < -0.39 is 0 Å². The van der Waals surface area contributed by atoms with Crippen molar-refractivity contribution < 1.29 is 14.3 Å². The number of hydrogen-bond donors (Lipinski definition) is 1. The molecule has 1 heterocycles. The van der Waals surface area contributed by atoms with Crippen LogP contribution in [0.1, 0.15) is 15.9 Å². The summed E-state index contributed by atoms with van der Waals surface area (Å²) in [7, 11) is 0. The molecule has 1 saturated heterocycles. The van der Waals surface area contributed by atoms with Crippen molar-refractivity contribution in [3.8, 4) is 0 Å². The number of nitrogens with one attached hydrogen (secondary N) is 1. The van der Waals surface area contributed by atoms with E-state index in [4.69, 9.17) is 4.74 Å². The molecule has 0 radical (unpaired) electrons. The van der Waals surface area contributed by atoms with E-state index in [1.807, 2.05) is 55.5 Å². The Balaban J connectivity index is 1.61. The zero-order valence-corrected chi connectivity index (χ0v) is 13.6. The molecule has 5 nitrogen and oxygen atoms in total. The van der Waals surface area contributed by atoms with Gasteiger partial charge in [0.15, 0.2) is 0 Å². The second kappa shape index (κ2) is 7.27. The van der Waals surface area contributed by atoms with Crippen LogP contribution in [0.15, 0.2) is 54.6 Å². The van der Waals surface area contributed by atoms with Crippen LogP contribution in [0.3, 0.4) is 0 Å². The van der Waals surface area contributed by atoms with E-state index in [2.05, 4.69) is 5.32 Å². The highest BCUT2D eigenvalue weighted by atomic mass is 16.5. The van der Waals surface area contributed by atoms with Crippen molar-refractivity contribution in [1.29, 1.82) is 0 Å². The van der Waals surface area contributed by atoms with E-state index in [1.54, 1.807) is 11.0 Å². The van der Waals surface area contributed by atoms with Crippen LogP contribution in [-0.2, 0) is 9.53 Å². The molecule has 0 aromatic heterocycles. The normalized spacial score (nSPS) is 17.6. The zero-order chi connectivity index (χ0) is 16.9. The van der Waals surface area contributed by atoms with Crippen molar-refractivity contribution >= 4 is 17.5 Å². The molecule has 0 aliphatic carbocycles. The smallest absolute Gasteiger partial charge is 0.253 e. The fourth-order valence-electron chi connectivity index (χ4n) is 2.74. The predicted octanol–water partition coefficient (Wildman–Crippen LogP) is 2.16. The van der Waals surface area contributed by atoms with Crippen molar-refractivity contribution in [3.05, 3.63) is 65.7 Å². The summed E-state index contributed by atoms with van der Waals surface area (Å²) in [5.41, 5.74) is 2.44. The molecular weight excluding hydrogens is 304 g/mol. The number of aryl methyl sites for hydroxylation is 1. The molecule has 0 spiro atoms.